The summed E-state index contributed by atoms with van der Waals surface area (Å²) in [6.45, 7) is 9.28. The SMILES string of the molecule is CCn1ncc(-c2c(C)nc(N3CCC4(CC3)CC3=C(CCC(OC)=C3)C4)c3ccnn23)c1C.CN.Cl. The number of anilines is 1. The number of hydrogen-bond donors (Lipinski definition) is 1. The van der Waals surface area contributed by atoms with Gasteiger partial charge in [0.2, 0.25) is 0 Å². The maximum absolute atomic E-state index is 5.55. The van der Waals surface area contributed by atoms with Crippen LogP contribution < -0.4 is 10.6 Å². The Kier molecular flexibility index (Phi) is 7.99. The molecule has 0 unspecified atom stereocenters. The Labute approximate surface area is 226 Å². The quantitative estimate of drug-likeness (QED) is 0.502. The van der Waals surface area contributed by atoms with Gasteiger partial charge in [-0.3, -0.25) is 4.68 Å². The Morgan fingerprint density at radius 1 is 1.08 bits per heavy atom. The Balaban J connectivity index is 0.00000104. The van der Waals surface area contributed by atoms with E-state index in [1.54, 1.807) is 18.3 Å². The maximum Gasteiger partial charge on any atom is 0.155 e. The van der Waals surface area contributed by atoms with Crippen LogP contribution in [0.15, 0.2) is 41.4 Å². The van der Waals surface area contributed by atoms with Crippen LogP contribution in [0.2, 0.25) is 0 Å². The van der Waals surface area contributed by atoms with Crippen LogP contribution in [0.5, 0.6) is 0 Å². The molecule has 0 radical (unpaired) electrons. The lowest BCUT2D eigenvalue weighted by Crippen LogP contribution is -2.40. The second-order valence-corrected chi connectivity index (χ2v) is 10.2. The molecule has 1 spiro atoms. The number of ether oxygens (including phenoxy) is 1. The third-order valence-electron chi connectivity index (χ3n) is 8.36. The van der Waals surface area contributed by atoms with Gasteiger partial charge in [0.05, 0.1) is 36.7 Å². The van der Waals surface area contributed by atoms with Crippen molar-refractivity contribution in [3.8, 4) is 11.3 Å². The van der Waals surface area contributed by atoms with Crippen molar-refractivity contribution in [2.75, 3.05) is 32.1 Å². The molecule has 1 aliphatic heterocycles. The van der Waals surface area contributed by atoms with Crippen molar-refractivity contribution in [1.82, 2.24) is 24.4 Å². The van der Waals surface area contributed by atoms with E-state index in [1.807, 2.05) is 17.1 Å². The molecule has 8 nitrogen and oxygen atoms in total. The zero-order valence-corrected chi connectivity index (χ0v) is 23.6. The van der Waals surface area contributed by atoms with Crippen LogP contribution in [0.3, 0.4) is 0 Å². The summed E-state index contributed by atoms with van der Waals surface area (Å²) in [5, 5.41) is 9.27. The highest BCUT2D eigenvalue weighted by atomic mass is 35.5. The largest absolute Gasteiger partial charge is 0.501 e. The number of piperidine rings is 1. The topological polar surface area (TPSA) is 86.5 Å². The number of methoxy groups -OCH3 is 1. The van der Waals surface area contributed by atoms with Gasteiger partial charge in [0, 0.05) is 37.3 Å². The molecule has 0 amide bonds. The summed E-state index contributed by atoms with van der Waals surface area (Å²) in [6.07, 6.45) is 13.3. The minimum atomic E-state index is 0. The summed E-state index contributed by atoms with van der Waals surface area (Å²) in [6, 6.07) is 2.10. The minimum absolute atomic E-state index is 0. The summed E-state index contributed by atoms with van der Waals surface area (Å²) < 4.78 is 9.65. The summed E-state index contributed by atoms with van der Waals surface area (Å²) >= 11 is 0. The predicted octanol–water partition coefficient (Wildman–Crippen LogP) is 5.23. The molecule has 0 bridgehead atoms. The zero-order chi connectivity index (χ0) is 25.4. The van der Waals surface area contributed by atoms with Crippen LogP contribution in [-0.2, 0) is 11.3 Å². The molecule has 4 heterocycles. The van der Waals surface area contributed by atoms with Crippen LogP contribution >= 0.6 is 12.4 Å². The van der Waals surface area contributed by atoms with Gasteiger partial charge < -0.3 is 15.4 Å². The molecule has 0 saturated carbocycles. The van der Waals surface area contributed by atoms with E-state index in [0.717, 1.165) is 65.8 Å². The van der Waals surface area contributed by atoms with Crippen molar-refractivity contribution >= 4 is 23.7 Å². The second-order valence-electron chi connectivity index (χ2n) is 10.2. The standard InChI is InChI=1S/C27H34N6O.CH5N.ClH/c1-5-32-19(3)23(17-29-32)25-18(2)30-26(24-8-11-28-33(24)25)31-12-9-27(10-13-31)15-20-6-7-22(34-4)14-21(20)16-27;1-2;/h8,11,14,17H,5-7,9-10,12-13,15-16H2,1-4H3;2H2,1H3;1H. The van der Waals surface area contributed by atoms with E-state index in [1.165, 1.54) is 39.2 Å². The van der Waals surface area contributed by atoms with E-state index in [4.69, 9.17) is 14.8 Å². The van der Waals surface area contributed by atoms with Crippen molar-refractivity contribution in [2.24, 2.45) is 11.1 Å². The molecule has 0 aromatic carbocycles. The molecule has 3 aromatic heterocycles. The Bertz CT molecular complexity index is 1330. The summed E-state index contributed by atoms with van der Waals surface area (Å²) in [5.41, 5.74) is 13.5. The lowest BCUT2D eigenvalue weighted by molar-refractivity contribution is 0.231. The third-order valence-corrected chi connectivity index (χ3v) is 8.36. The maximum atomic E-state index is 5.55. The van der Waals surface area contributed by atoms with Crippen LogP contribution in [-0.4, -0.2) is 51.6 Å². The van der Waals surface area contributed by atoms with Gasteiger partial charge in [0.25, 0.3) is 0 Å². The first kappa shape index (κ1) is 27.2. The van der Waals surface area contributed by atoms with Gasteiger partial charge >= 0.3 is 0 Å². The van der Waals surface area contributed by atoms with Crippen molar-refractivity contribution in [3.63, 3.8) is 0 Å². The number of hydrogen-bond acceptors (Lipinski definition) is 6. The van der Waals surface area contributed by atoms with Crippen molar-refractivity contribution in [1.29, 1.82) is 0 Å². The van der Waals surface area contributed by atoms with Gasteiger partial charge in [-0.2, -0.15) is 10.2 Å². The number of halogens is 1. The lowest BCUT2D eigenvalue weighted by Gasteiger charge is -2.40. The number of allylic oxidation sites excluding steroid dienone is 4. The minimum Gasteiger partial charge on any atom is -0.501 e. The summed E-state index contributed by atoms with van der Waals surface area (Å²) in [7, 11) is 3.30. The molecule has 37 heavy (non-hydrogen) atoms. The average molecular weight is 526 g/mol. The highest BCUT2D eigenvalue weighted by Crippen LogP contribution is 2.52. The molecule has 6 rings (SSSR count). The average Bonchev–Trinajstić information content (AvgIpc) is 3.62. The molecular formula is C28H40ClN7O. The smallest absolute Gasteiger partial charge is 0.155 e. The fraction of sp³-hybridized carbons (Fsp3) is 0.536. The molecule has 1 fully saturated rings. The zero-order valence-electron chi connectivity index (χ0n) is 22.8. The van der Waals surface area contributed by atoms with Gasteiger partial charge in [-0.1, -0.05) is 5.57 Å². The molecule has 0 atom stereocenters. The van der Waals surface area contributed by atoms with Crippen LogP contribution in [0.25, 0.3) is 16.8 Å². The highest BCUT2D eigenvalue weighted by molar-refractivity contribution is 5.85. The molecule has 1 saturated heterocycles. The predicted molar refractivity (Wildman–Crippen MR) is 151 cm³/mol. The van der Waals surface area contributed by atoms with E-state index in [-0.39, 0.29) is 12.4 Å². The molecule has 3 aliphatic rings. The molecule has 3 aromatic rings. The van der Waals surface area contributed by atoms with Crippen LogP contribution in [0.4, 0.5) is 5.82 Å². The molecular weight excluding hydrogens is 486 g/mol. The monoisotopic (exact) mass is 525 g/mol. The van der Waals surface area contributed by atoms with Crippen molar-refractivity contribution < 1.29 is 4.74 Å². The fourth-order valence-electron chi connectivity index (χ4n) is 6.42. The number of fused-ring (bicyclic) bond motifs is 1. The first-order valence-electron chi connectivity index (χ1n) is 13.2. The normalized spacial score (nSPS) is 18.3. The van der Waals surface area contributed by atoms with E-state index >= 15 is 0 Å². The Morgan fingerprint density at radius 3 is 2.51 bits per heavy atom. The van der Waals surface area contributed by atoms with Crippen LogP contribution in [0, 0.1) is 19.3 Å². The van der Waals surface area contributed by atoms with E-state index in [0.29, 0.717) is 5.41 Å². The fourth-order valence-corrected chi connectivity index (χ4v) is 6.42. The van der Waals surface area contributed by atoms with Gasteiger partial charge in [0.15, 0.2) is 5.82 Å². The van der Waals surface area contributed by atoms with E-state index in [9.17, 15) is 0 Å². The summed E-state index contributed by atoms with van der Waals surface area (Å²) in [4.78, 5) is 7.63. The number of nitrogens with two attached hydrogens (primary N) is 1. The number of nitrogens with zero attached hydrogens (tertiary/aromatic N) is 6. The number of rotatable bonds is 4. The van der Waals surface area contributed by atoms with Gasteiger partial charge in [-0.15, -0.1) is 12.4 Å². The molecule has 2 aliphatic carbocycles. The van der Waals surface area contributed by atoms with Gasteiger partial charge in [-0.25, -0.2) is 9.50 Å². The van der Waals surface area contributed by atoms with Gasteiger partial charge in [-0.05, 0) is 83.1 Å². The highest BCUT2D eigenvalue weighted by Gasteiger charge is 2.42. The summed E-state index contributed by atoms with van der Waals surface area (Å²) in [5.74, 6) is 2.21. The Hall–Kier alpha value is -2.84. The molecule has 9 heteroatoms. The second kappa shape index (κ2) is 10.9. The molecule has 200 valence electrons. The molecule has 2 N–H and O–H groups in total. The first-order chi connectivity index (χ1) is 17.5. The van der Waals surface area contributed by atoms with Gasteiger partial charge in [0.1, 0.15) is 5.52 Å². The number of aromatic nitrogens is 5. The lowest BCUT2D eigenvalue weighted by atomic mass is 9.75. The third kappa shape index (κ3) is 4.66. The van der Waals surface area contributed by atoms with Crippen LogP contribution in [0.1, 0.15) is 56.8 Å². The Morgan fingerprint density at radius 2 is 1.84 bits per heavy atom. The van der Waals surface area contributed by atoms with Crippen molar-refractivity contribution in [3.05, 3.63) is 52.8 Å². The van der Waals surface area contributed by atoms with E-state index < -0.39 is 0 Å². The van der Waals surface area contributed by atoms with Crippen molar-refractivity contribution in [2.45, 2.75) is 65.8 Å². The van der Waals surface area contributed by atoms with E-state index in [2.05, 4.69) is 53.2 Å². The number of aryl methyl sites for hydroxylation is 2. The first-order valence-corrected chi connectivity index (χ1v) is 13.2.